The van der Waals surface area contributed by atoms with Crippen molar-refractivity contribution in [3.63, 3.8) is 0 Å². The molecular formula is C18H23N5O5. The molecule has 0 aromatic heterocycles. The molecule has 2 aliphatic rings. The van der Waals surface area contributed by atoms with Gasteiger partial charge >= 0.3 is 0 Å². The van der Waals surface area contributed by atoms with Crippen LogP contribution in [0.3, 0.4) is 0 Å². The van der Waals surface area contributed by atoms with Crippen LogP contribution in [0.2, 0.25) is 0 Å². The number of morpholine rings is 1. The second-order valence-corrected chi connectivity index (χ2v) is 7.07. The average Bonchev–Trinajstić information content (AvgIpc) is 3.14. The minimum atomic E-state index is -1.15. The zero-order valence-corrected chi connectivity index (χ0v) is 15.6. The zero-order chi connectivity index (χ0) is 20.3. The van der Waals surface area contributed by atoms with Gasteiger partial charge in [0.25, 0.3) is 0 Å². The fourth-order valence-electron chi connectivity index (χ4n) is 3.81. The molecule has 10 heteroatoms. The Morgan fingerprint density at radius 2 is 2.07 bits per heavy atom. The third-order valence-corrected chi connectivity index (χ3v) is 5.31. The van der Waals surface area contributed by atoms with Gasteiger partial charge in [0.15, 0.2) is 5.03 Å². The maximum Gasteiger partial charge on any atom is 0.240 e. The number of hydrogen-bond donors (Lipinski definition) is 2. The van der Waals surface area contributed by atoms with Crippen LogP contribution < -0.4 is 16.0 Å². The minimum absolute atomic E-state index is 0.0556. The fraction of sp³-hybridized carbons (Fsp3) is 0.500. The topological polar surface area (TPSA) is 140 Å². The number of amides is 2. The Bertz CT molecular complexity index is 832. The van der Waals surface area contributed by atoms with Crippen LogP contribution in [-0.2, 0) is 14.3 Å². The molecule has 0 unspecified atom stereocenters. The SMILES string of the molecule is Cc1cc(NC(=O)C2(C(N)=O)CCCC2)ccc1N1CCOCC1=N[N+](=O)[O-]. The van der Waals surface area contributed by atoms with Crippen LogP contribution in [0.15, 0.2) is 23.3 Å². The van der Waals surface area contributed by atoms with Crippen molar-refractivity contribution in [2.75, 3.05) is 30.0 Å². The molecule has 0 atom stereocenters. The van der Waals surface area contributed by atoms with Crippen LogP contribution in [0.25, 0.3) is 0 Å². The van der Waals surface area contributed by atoms with E-state index in [4.69, 9.17) is 10.5 Å². The van der Waals surface area contributed by atoms with Crippen LogP contribution in [0.4, 0.5) is 11.4 Å². The average molecular weight is 389 g/mol. The van der Waals surface area contributed by atoms with E-state index in [1.165, 1.54) is 0 Å². The molecule has 3 rings (SSSR count). The molecular weight excluding hydrogens is 366 g/mol. The van der Waals surface area contributed by atoms with Crippen LogP contribution in [-0.4, -0.2) is 42.4 Å². The second kappa shape index (κ2) is 7.93. The van der Waals surface area contributed by atoms with E-state index in [1.54, 1.807) is 23.1 Å². The van der Waals surface area contributed by atoms with Crippen molar-refractivity contribution in [1.29, 1.82) is 0 Å². The number of rotatable bonds is 5. The number of nitrogens with one attached hydrogen (secondary N) is 1. The smallest absolute Gasteiger partial charge is 0.240 e. The maximum atomic E-state index is 12.7. The normalized spacial score (nSPS) is 20.2. The summed E-state index contributed by atoms with van der Waals surface area (Å²) in [5.41, 5.74) is 6.44. The van der Waals surface area contributed by atoms with Crippen molar-refractivity contribution in [3.05, 3.63) is 33.9 Å². The van der Waals surface area contributed by atoms with Crippen molar-refractivity contribution < 1.29 is 19.4 Å². The number of benzene rings is 1. The molecule has 0 bridgehead atoms. The molecule has 0 radical (unpaired) electrons. The summed E-state index contributed by atoms with van der Waals surface area (Å²) in [4.78, 5) is 37.1. The molecule has 2 amide bonds. The third-order valence-electron chi connectivity index (χ3n) is 5.31. The molecule has 1 saturated carbocycles. The molecule has 1 aromatic carbocycles. The maximum absolute atomic E-state index is 12.7. The first-order chi connectivity index (χ1) is 13.3. The van der Waals surface area contributed by atoms with E-state index in [-0.39, 0.29) is 18.3 Å². The largest absolute Gasteiger partial charge is 0.371 e. The molecule has 1 heterocycles. The van der Waals surface area contributed by atoms with Crippen LogP contribution in [0.5, 0.6) is 0 Å². The third kappa shape index (κ3) is 3.81. The summed E-state index contributed by atoms with van der Waals surface area (Å²) in [6.07, 6.45) is 2.51. The van der Waals surface area contributed by atoms with Crippen molar-refractivity contribution in [2.24, 2.45) is 16.3 Å². The molecule has 1 saturated heterocycles. The van der Waals surface area contributed by atoms with Gasteiger partial charge < -0.3 is 20.7 Å². The lowest BCUT2D eigenvalue weighted by Crippen LogP contribution is -2.45. The summed E-state index contributed by atoms with van der Waals surface area (Å²) in [5.74, 6) is -0.758. The Morgan fingerprint density at radius 3 is 2.68 bits per heavy atom. The number of nitro groups is 1. The Balaban J connectivity index is 1.81. The number of ether oxygens (including phenoxy) is 1. The lowest BCUT2D eigenvalue weighted by molar-refractivity contribution is -0.485. The van der Waals surface area contributed by atoms with Gasteiger partial charge in [-0.2, -0.15) is 0 Å². The number of anilines is 2. The second-order valence-electron chi connectivity index (χ2n) is 7.07. The summed E-state index contributed by atoms with van der Waals surface area (Å²) < 4.78 is 5.26. The monoisotopic (exact) mass is 389 g/mol. The van der Waals surface area contributed by atoms with Gasteiger partial charge in [-0.05, 0) is 43.5 Å². The Kier molecular flexibility index (Phi) is 5.59. The highest BCUT2D eigenvalue weighted by atomic mass is 16.7. The lowest BCUT2D eigenvalue weighted by Gasteiger charge is -2.30. The van der Waals surface area contributed by atoms with Crippen molar-refractivity contribution in [3.8, 4) is 0 Å². The first-order valence-corrected chi connectivity index (χ1v) is 9.13. The van der Waals surface area contributed by atoms with Crippen molar-refractivity contribution in [2.45, 2.75) is 32.6 Å². The zero-order valence-electron chi connectivity index (χ0n) is 15.6. The molecule has 2 fully saturated rings. The lowest BCUT2D eigenvalue weighted by atomic mass is 9.84. The summed E-state index contributed by atoms with van der Waals surface area (Å²) in [6, 6.07) is 5.22. The number of hydrazone groups is 1. The number of carbonyl (C=O) groups is 2. The van der Waals surface area contributed by atoms with Crippen LogP contribution in [0, 0.1) is 22.5 Å². The minimum Gasteiger partial charge on any atom is -0.371 e. The summed E-state index contributed by atoms with van der Waals surface area (Å²) in [7, 11) is 0. The van der Waals surface area contributed by atoms with Crippen molar-refractivity contribution >= 4 is 29.0 Å². The van der Waals surface area contributed by atoms with Gasteiger partial charge in [-0.15, -0.1) is 0 Å². The molecule has 3 N–H and O–H groups in total. The number of amidine groups is 1. The molecule has 10 nitrogen and oxygen atoms in total. The Morgan fingerprint density at radius 1 is 1.36 bits per heavy atom. The van der Waals surface area contributed by atoms with Gasteiger partial charge in [-0.1, -0.05) is 12.8 Å². The van der Waals surface area contributed by atoms with Gasteiger partial charge in [-0.3, -0.25) is 9.59 Å². The Hall–Kier alpha value is -3.01. The van der Waals surface area contributed by atoms with Crippen molar-refractivity contribution in [1.82, 2.24) is 0 Å². The Labute approximate surface area is 161 Å². The van der Waals surface area contributed by atoms with E-state index in [0.717, 1.165) is 24.1 Å². The highest BCUT2D eigenvalue weighted by molar-refractivity contribution is 6.10. The highest BCUT2D eigenvalue weighted by Crippen LogP contribution is 2.39. The number of carbonyl (C=O) groups excluding carboxylic acids is 2. The van der Waals surface area contributed by atoms with E-state index in [9.17, 15) is 19.7 Å². The highest BCUT2D eigenvalue weighted by Gasteiger charge is 2.46. The number of nitrogens with zero attached hydrogens (tertiary/aromatic N) is 3. The number of nitrogens with two attached hydrogens (primary N) is 1. The van der Waals surface area contributed by atoms with E-state index in [2.05, 4.69) is 10.4 Å². The first-order valence-electron chi connectivity index (χ1n) is 9.13. The molecule has 1 aliphatic heterocycles. The summed E-state index contributed by atoms with van der Waals surface area (Å²) in [6.45, 7) is 2.75. The molecule has 150 valence electrons. The predicted octanol–water partition coefficient (Wildman–Crippen LogP) is 1.41. The van der Waals surface area contributed by atoms with Gasteiger partial charge in [0, 0.05) is 17.9 Å². The molecule has 1 aromatic rings. The number of primary amides is 1. The summed E-state index contributed by atoms with van der Waals surface area (Å²) in [5, 5.41) is 16.2. The van der Waals surface area contributed by atoms with Gasteiger partial charge in [0.1, 0.15) is 12.0 Å². The van der Waals surface area contributed by atoms with E-state index in [0.29, 0.717) is 31.7 Å². The first kappa shape index (κ1) is 19.7. The van der Waals surface area contributed by atoms with Gasteiger partial charge in [0.05, 0.1) is 11.7 Å². The number of aryl methyl sites for hydroxylation is 1. The van der Waals surface area contributed by atoms with E-state index >= 15 is 0 Å². The van der Waals surface area contributed by atoms with E-state index in [1.807, 2.05) is 6.92 Å². The standard InChI is InChI=1S/C18H23N5O5/c1-12-10-13(20-17(25)18(16(19)24)6-2-3-7-18)4-5-14(12)22-8-9-28-11-15(22)21-23(26)27/h4-5,10H,2-3,6-9,11H2,1H3,(H2,19,24)(H,20,25). The fourth-order valence-corrected chi connectivity index (χ4v) is 3.81. The van der Waals surface area contributed by atoms with Crippen LogP contribution in [0.1, 0.15) is 31.2 Å². The molecule has 0 spiro atoms. The molecule has 28 heavy (non-hydrogen) atoms. The quantitative estimate of drug-likeness (QED) is 0.443. The molecule has 1 aliphatic carbocycles. The number of hydrogen-bond acceptors (Lipinski definition) is 5. The summed E-state index contributed by atoms with van der Waals surface area (Å²) >= 11 is 0. The van der Waals surface area contributed by atoms with E-state index < -0.39 is 16.4 Å². The van der Waals surface area contributed by atoms with Crippen LogP contribution >= 0.6 is 0 Å². The predicted molar refractivity (Wildman–Crippen MR) is 102 cm³/mol. The van der Waals surface area contributed by atoms with Gasteiger partial charge in [-0.25, -0.2) is 10.1 Å². The van der Waals surface area contributed by atoms with Gasteiger partial charge in [0.2, 0.25) is 17.6 Å².